The summed E-state index contributed by atoms with van der Waals surface area (Å²) >= 11 is 0. The highest BCUT2D eigenvalue weighted by Gasteiger charge is 2.28. The van der Waals surface area contributed by atoms with Crippen LogP contribution in [0.5, 0.6) is 17.2 Å². The molecule has 2 aromatic carbocycles. The standard InChI is InChI=1S/C27H34N2O5/c1-19(27(31)28-22-5-3-4-6-22)29(18-21-7-11-23(32-2)12-8-21)26(30)14-10-20-9-13-24-25(17-20)34-16-15-33-24/h7-9,11-13,17,19,22H,3-6,10,14-16,18H2,1-2H3,(H,28,31). The van der Waals surface area contributed by atoms with Crippen LogP contribution in [0.3, 0.4) is 0 Å². The van der Waals surface area contributed by atoms with Gasteiger partial charge in [-0.1, -0.05) is 31.0 Å². The SMILES string of the molecule is COc1ccc(CN(C(=O)CCc2ccc3c(c2)OCCO3)C(C)C(=O)NC2CCCC2)cc1. The lowest BCUT2D eigenvalue weighted by molar-refractivity contribution is -0.140. The van der Waals surface area contributed by atoms with Gasteiger partial charge in [-0.2, -0.15) is 0 Å². The van der Waals surface area contributed by atoms with Gasteiger partial charge in [-0.15, -0.1) is 0 Å². The number of fused-ring (bicyclic) bond motifs is 1. The summed E-state index contributed by atoms with van der Waals surface area (Å²) in [4.78, 5) is 28.1. The average Bonchev–Trinajstić information content (AvgIpc) is 3.38. The molecule has 2 aromatic rings. The lowest BCUT2D eigenvalue weighted by Crippen LogP contribution is -2.49. The van der Waals surface area contributed by atoms with Crippen LogP contribution in [0.4, 0.5) is 0 Å². The Kier molecular flexibility index (Phi) is 7.93. The van der Waals surface area contributed by atoms with Crippen LogP contribution >= 0.6 is 0 Å². The Balaban J connectivity index is 1.44. The molecule has 1 N–H and O–H groups in total. The maximum atomic E-state index is 13.4. The van der Waals surface area contributed by atoms with Crippen molar-refractivity contribution in [2.75, 3.05) is 20.3 Å². The molecule has 34 heavy (non-hydrogen) atoms. The van der Waals surface area contributed by atoms with Crippen LogP contribution in [0, 0.1) is 0 Å². The van der Waals surface area contributed by atoms with Crippen LogP contribution in [-0.2, 0) is 22.6 Å². The molecule has 2 aliphatic rings. The van der Waals surface area contributed by atoms with E-state index in [0.29, 0.717) is 32.6 Å². The van der Waals surface area contributed by atoms with Crippen molar-refractivity contribution in [3.05, 3.63) is 53.6 Å². The van der Waals surface area contributed by atoms with E-state index in [9.17, 15) is 9.59 Å². The second-order valence-corrected chi connectivity index (χ2v) is 9.01. The van der Waals surface area contributed by atoms with E-state index in [1.165, 1.54) is 0 Å². The third-order valence-electron chi connectivity index (χ3n) is 6.61. The van der Waals surface area contributed by atoms with Gasteiger partial charge in [0.15, 0.2) is 11.5 Å². The summed E-state index contributed by atoms with van der Waals surface area (Å²) in [6.45, 7) is 3.25. The first-order valence-corrected chi connectivity index (χ1v) is 12.1. The molecule has 7 heteroatoms. The number of hydrogen-bond acceptors (Lipinski definition) is 5. The topological polar surface area (TPSA) is 77.1 Å². The molecule has 1 aliphatic heterocycles. The number of nitrogens with one attached hydrogen (secondary N) is 1. The average molecular weight is 467 g/mol. The minimum Gasteiger partial charge on any atom is -0.497 e. The van der Waals surface area contributed by atoms with Crippen molar-refractivity contribution in [1.29, 1.82) is 0 Å². The van der Waals surface area contributed by atoms with Gasteiger partial charge in [0.25, 0.3) is 0 Å². The van der Waals surface area contributed by atoms with E-state index < -0.39 is 6.04 Å². The number of ether oxygens (including phenoxy) is 3. The van der Waals surface area contributed by atoms with Crippen LogP contribution in [0.1, 0.15) is 50.2 Å². The summed E-state index contributed by atoms with van der Waals surface area (Å²) < 4.78 is 16.5. The van der Waals surface area contributed by atoms with Gasteiger partial charge in [-0.05, 0) is 61.6 Å². The number of carbonyl (C=O) groups excluding carboxylic acids is 2. The third-order valence-corrected chi connectivity index (χ3v) is 6.61. The summed E-state index contributed by atoms with van der Waals surface area (Å²) in [6.07, 6.45) is 5.17. The predicted molar refractivity (Wildman–Crippen MR) is 129 cm³/mol. The van der Waals surface area contributed by atoms with Gasteiger partial charge in [0, 0.05) is 19.0 Å². The van der Waals surface area contributed by atoms with Crippen molar-refractivity contribution in [3.63, 3.8) is 0 Å². The summed E-state index contributed by atoms with van der Waals surface area (Å²) in [7, 11) is 1.62. The number of nitrogens with zero attached hydrogens (tertiary/aromatic N) is 1. The summed E-state index contributed by atoms with van der Waals surface area (Å²) in [5.74, 6) is 2.07. The molecule has 1 unspecified atom stereocenters. The molecule has 0 saturated heterocycles. The van der Waals surface area contributed by atoms with Crippen molar-refractivity contribution in [2.45, 2.75) is 64.1 Å². The summed E-state index contributed by atoms with van der Waals surface area (Å²) in [5.41, 5.74) is 1.96. The number of amides is 2. The molecule has 1 fully saturated rings. The Morgan fingerprint density at radius 2 is 1.71 bits per heavy atom. The van der Waals surface area contributed by atoms with Crippen LogP contribution in [0.25, 0.3) is 0 Å². The minimum absolute atomic E-state index is 0.0558. The van der Waals surface area contributed by atoms with Gasteiger partial charge in [0.1, 0.15) is 25.0 Å². The molecule has 1 atom stereocenters. The Labute approximate surface area is 201 Å². The first kappa shape index (κ1) is 23.9. The molecule has 0 radical (unpaired) electrons. The third kappa shape index (κ3) is 6.01. The van der Waals surface area contributed by atoms with E-state index in [4.69, 9.17) is 14.2 Å². The smallest absolute Gasteiger partial charge is 0.242 e. The molecular formula is C27H34N2O5. The first-order valence-electron chi connectivity index (χ1n) is 12.1. The number of carbonyl (C=O) groups is 2. The number of rotatable bonds is 9. The number of benzene rings is 2. The zero-order valence-corrected chi connectivity index (χ0v) is 20.0. The van der Waals surface area contributed by atoms with E-state index in [-0.39, 0.29) is 17.9 Å². The molecule has 7 nitrogen and oxygen atoms in total. The van der Waals surface area contributed by atoms with Crippen molar-refractivity contribution < 1.29 is 23.8 Å². The molecule has 0 spiro atoms. The molecule has 0 aromatic heterocycles. The Morgan fingerprint density at radius 3 is 2.41 bits per heavy atom. The largest absolute Gasteiger partial charge is 0.497 e. The zero-order valence-electron chi connectivity index (χ0n) is 20.0. The van der Waals surface area contributed by atoms with Gasteiger partial charge in [-0.3, -0.25) is 9.59 Å². The highest BCUT2D eigenvalue weighted by Crippen LogP contribution is 2.31. The van der Waals surface area contributed by atoms with Gasteiger partial charge in [0.2, 0.25) is 11.8 Å². The maximum Gasteiger partial charge on any atom is 0.242 e. The van der Waals surface area contributed by atoms with E-state index in [2.05, 4.69) is 5.32 Å². The molecular weight excluding hydrogens is 432 g/mol. The van der Waals surface area contributed by atoms with Gasteiger partial charge >= 0.3 is 0 Å². The van der Waals surface area contributed by atoms with Crippen LogP contribution < -0.4 is 19.5 Å². The molecule has 1 aliphatic carbocycles. The van der Waals surface area contributed by atoms with Crippen LogP contribution in [-0.4, -0.2) is 49.1 Å². The molecule has 0 bridgehead atoms. The second kappa shape index (κ2) is 11.3. The fourth-order valence-electron chi connectivity index (χ4n) is 4.54. The second-order valence-electron chi connectivity index (χ2n) is 9.01. The van der Waals surface area contributed by atoms with E-state index in [1.54, 1.807) is 12.0 Å². The van der Waals surface area contributed by atoms with Crippen molar-refractivity contribution in [2.24, 2.45) is 0 Å². The lowest BCUT2D eigenvalue weighted by atomic mass is 10.1. The fraction of sp³-hybridized carbons (Fsp3) is 0.481. The molecule has 1 heterocycles. The highest BCUT2D eigenvalue weighted by atomic mass is 16.6. The quantitative estimate of drug-likeness (QED) is 0.607. The fourth-order valence-corrected chi connectivity index (χ4v) is 4.54. The summed E-state index contributed by atoms with van der Waals surface area (Å²) in [6, 6.07) is 13.1. The molecule has 2 amide bonds. The van der Waals surface area contributed by atoms with Crippen molar-refractivity contribution in [3.8, 4) is 17.2 Å². The maximum absolute atomic E-state index is 13.4. The van der Waals surface area contributed by atoms with Crippen LogP contribution in [0.2, 0.25) is 0 Å². The van der Waals surface area contributed by atoms with Crippen molar-refractivity contribution >= 4 is 11.8 Å². The number of hydrogen-bond donors (Lipinski definition) is 1. The Morgan fingerprint density at radius 1 is 1.03 bits per heavy atom. The zero-order chi connectivity index (χ0) is 23.9. The number of methoxy groups -OCH3 is 1. The Bertz CT molecular complexity index is 985. The molecule has 4 rings (SSSR count). The molecule has 1 saturated carbocycles. The van der Waals surface area contributed by atoms with E-state index in [0.717, 1.165) is 54.1 Å². The monoisotopic (exact) mass is 466 g/mol. The van der Waals surface area contributed by atoms with Gasteiger partial charge < -0.3 is 24.4 Å². The highest BCUT2D eigenvalue weighted by molar-refractivity contribution is 5.87. The van der Waals surface area contributed by atoms with E-state index in [1.807, 2.05) is 49.4 Å². The van der Waals surface area contributed by atoms with Gasteiger partial charge in [0.05, 0.1) is 7.11 Å². The predicted octanol–water partition coefficient (Wildman–Crippen LogP) is 3.88. The van der Waals surface area contributed by atoms with Crippen molar-refractivity contribution in [1.82, 2.24) is 10.2 Å². The Hall–Kier alpha value is -3.22. The van der Waals surface area contributed by atoms with Gasteiger partial charge in [-0.25, -0.2) is 0 Å². The van der Waals surface area contributed by atoms with E-state index >= 15 is 0 Å². The normalized spacial score (nSPS) is 16.1. The first-order chi connectivity index (χ1) is 16.5. The lowest BCUT2D eigenvalue weighted by Gasteiger charge is -2.30. The van der Waals surface area contributed by atoms with Crippen LogP contribution in [0.15, 0.2) is 42.5 Å². The molecule has 182 valence electrons. The minimum atomic E-state index is -0.560. The summed E-state index contributed by atoms with van der Waals surface area (Å²) in [5, 5.41) is 3.14. The number of aryl methyl sites for hydroxylation is 1.